The van der Waals surface area contributed by atoms with Crippen molar-refractivity contribution in [3.63, 3.8) is 0 Å². The first-order valence-electron chi connectivity index (χ1n) is 9.13. The topological polar surface area (TPSA) is 42.0 Å². The van der Waals surface area contributed by atoms with Crippen molar-refractivity contribution >= 4 is 34.0 Å². The smallest absolute Gasteiger partial charge is 0.232 e. The van der Waals surface area contributed by atoms with Crippen LogP contribution in [0, 0.1) is 23.2 Å². The molecule has 4 fully saturated rings. The van der Waals surface area contributed by atoms with Gasteiger partial charge in [0.25, 0.3) is 0 Å². The molecule has 2 aromatic rings. The van der Waals surface area contributed by atoms with E-state index in [0.29, 0.717) is 10.2 Å². The van der Waals surface area contributed by atoms with E-state index in [0.717, 1.165) is 48.3 Å². The van der Waals surface area contributed by atoms with Crippen LogP contribution in [0.4, 0.5) is 5.13 Å². The number of carbonyl (C=O) groups is 1. The van der Waals surface area contributed by atoms with Crippen LogP contribution in [0.1, 0.15) is 38.5 Å². The summed E-state index contributed by atoms with van der Waals surface area (Å²) in [6, 6.07) is 7.69. The van der Waals surface area contributed by atoms with E-state index >= 15 is 0 Å². The zero-order valence-corrected chi connectivity index (χ0v) is 15.6. The summed E-state index contributed by atoms with van der Waals surface area (Å²) < 4.78 is 0. The molecule has 0 aliphatic heterocycles. The van der Waals surface area contributed by atoms with Crippen LogP contribution in [0.3, 0.4) is 0 Å². The number of nitrogens with one attached hydrogen (secondary N) is 1. The quantitative estimate of drug-likeness (QED) is 0.759. The van der Waals surface area contributed by atoms with Crippen molar-refractivity contribution in [3.05, 3.63) is 34.7 Å². The molecular weight excluding hydrogens is 352 g/mol. The van der Waals surface area contributed by atoms with Gasteiger partial charge >= 0.3 is 0 Å². The first-order valence-corrected chi connectivity index (χ1v) is 10.4. The van der Waals surface area contributed by atoms with Gasteiger partial charge in [-0.15, -0.1) is 11.3 Å². The molecule has 1 aromatic heterocycles. The molecule has 4 saturated carbocycles. The van der Waals surface area contributed by atoms with E-state index in [1.54, 1.807) is 0 Å². The molecule has 0 spiro atoms. The maximum absolute atomic E-state index is 13.1. The van der Waals surface area contributed by atoms with E-state index in [2.05, 4.69) is 10.3 Å². The molecule has 25 heavy (non-hydrogen) atoms. The molecule has 5 heteroatoms. The molecule has 0 atom stereocenters. The third kappa shape index (κ3) is 2.70. The Morgan fingerprint density at radius 1 is 1.12 bits per heavy atom. The molecule has 130 valence electrons. The zero-order chi connectivity index (χ0) is 17.0. The molecule has 3 nitrogen and oxygen atoms in total. The summed E-state index contributed by atoms with van der Waals surface area (Å²) in [5.74, 6) is 2.51. The number of aromatic nitrogens is 1. The van der Waals surface area contributed by atoms with Gasteiger partial charge in [-0.05, 0) is 62.3 Å². The van der Waals surface area contributed by atoms with Crippen molar-refractivity contribution < 1.29 is 4.79 Å². The van der Waals surface area contributed by atoms with Crippen LogP contribution in [-0.4, -0.2) is 10.9 Å². The maximum Gasteiger partial charge on any atom is 0.232 e. The lowest BCUT2D eigenvalue weighted by Crippen LogP contribution is -2.51. The fourth-order valence-corrected chi connectivity index (χ4v) is 6.68. The van der Waals surface area contributed by atoms with Crippen LogP contribution in [0.5, 0.6) is 0 Å². The Morgan fingerprint density at radius 3 is 2.40 bits per heavy atom. The summed E-state index contributed by atoms with van der Waals surface area (Å²) in [6.45, 7) is 0. The monoisotopic (exact) mass is 372 g/mol. The molecular formula is C20H21ClN2OS. The van der Waals surface area contributed by atoms with Crippen molar-refractivity contribution in [2.45, 2.75) is 38.5 Å². The molecule has 0 saturated heterocycles. The van der Waals surface area contributed by atoms with Gasteiger partial charge in [0.15, 0.2) is 5.13 Å². The molecule has 1 amide bonds. The summed E-state index contributed by atoms with van der Waals surface area (Å²) >= 11 is 7.75. The van der Waals surface area contributed by atoms with E-state index < -0.39 is 0 Å². The highest BCUT2D eigenvalue weighted by atomic mass is 35.5. The minimum absolute atomic E-state index is 0.134. The fourth-order valence-electron chi connectivity index (χ4n) is 5.74. The molecule has 0 radical (unpaired) electrons. The van der Waals surface area contributed by atoms with Crippen molar-refractivity contribution in [2.24, 2.45) is 23.2 Å². The van der Waals surface area contributed by atoms with Crippen molar-refractivity contribution in [3.8, 4) is 11.3 Å². The molecule has 4 bridgehead atoms. The Morgan fingerprint density at radius 2 is 1.76 bits per heavy atom. The number of thiazole rings is 1. The van der Waals surface area contributed by atoms with Gasteiger partial charge in [0.2, 0.25) is 5.91 Å². The largest absolute Gasteiger partial charge is 0.301 e. The van der Waals surface area contributed by atoms with E-state index in [1.165, 1.54) is 30.6 Å². The Labute approximate surface area is 156 Å². The second-order valence-corrected chi connectivity index (χ2v) is 9.44. The first kappa shape index (κ1) is 15.8. The van der Waals surface area contributed by atoms with E-state index in [4.69, 9.17) is 11.6 Å². The highest BCUT2D eigenvalue weighted by Crippen LogP contribution is 2.60. The lowest BCUT2D eigenvalue weighted by atomic mass is 9.49. The summed E-state index contributed by atoms with van der Waals surface area (Å²) in [5, 5.41) is 6.48. The maximum atomic E-state index is 13.1. The molecule has 4 aliphatic carbocycles. The minimum atomic E-state index is -0.134. The third-order valence-corrected chi connectivity index (χ3v) is 7.48. The Bertz CT molecular complexity index is 795. The van der Waals surface area contributed by atoms with Gasteiger partial charge in [-0.3, -0.25) is 4.79 Å². The van der Waals surface area contributed by atoms with Gasteiger partial charge in [0.1, 0.15) is 0 Å². The normalized spacial score (nSPS) is 32.8. The predicted octanol–water partition coefficient (Wildman–Crippen LogP) is 5.62. The van der Waals surface area contributed by atoms with Gasteiger partial charge in [0, 0.05) is 16.0 Å². The van der Waals surface area contributed by atoms with Crippen LogP contribution >= 0.6 is 22.9 Å². The van der Waals surface area contributed by atoms with Crippen molar-refractivity contribution in [1.29, 1.82) is 0 Å². The summed E-state index contributed by atoms with van der Waals surface area (Å²) in [7, 11) is 0. The molecule has 4 aliphatic rings. The second-order valence-electron chi connectivity index (χ2n) is 8.17. The predicted molar refractivity (Wildman–Crippen MR) is 102 cm³/mol. The summed E-state index contributed by atoms with van der Waals surface area (Å²) in [4.78, 5) is 17.7. The third-order valence-electron chi connectivity index (χ3n) is 6.39. The number of hydrogen-bond acceptors (Lipinski definition) is 3. The standard InChI is InChI=1S/C20H21ClN2OS/c21-16-4-2-1-3-15(16)17-11-25-19(22-17)23-18(24)20-8-12-5-13(9-20)7-14(6-12)10-20/h1-4,11-14H,5-10H2,(H,22,23,24). The number of benzene rings is 1. The summed E-state index contributed by atoms with van der Waals surface area (Å²) in [5.41, 5.74) is 1.61. The van der Waals surface area contributed by atoms with Gasteiger partial charge in [-0.2, -0.15) is 0 Å². The van der Waals surface area contributed by atoms with Gasteiger partial charge in [-0.1, -0.05) is 29.8 Å². The average molecular weight is 373 g/mol. The van der Waals surface area contributed by atoms with E-state index in [9.17, 15) is 4.79 Å². The van der Waals surface area contributed by atoms with Crippen LogP contribution in [0.15, 0.2) is 29.6 Å². The van der Waals surface area contributed by atoms with Crippen LogP contribution in [-0.2, 0) is 4.79 Å². The average Bonchev–Trinajstić information content (AvgIpc) is 3.02. The molecule has 1 aromatic carbocycles. The lowest BCUT2D eigenvalue weighted by molar-refractivity contribution is -0.140. The van der Waals surface area contributed by atoms with E-state index in [-0.39, 0.29) is 11.3 Å². The number of rotatable bonds is 3. The Kier molecular flexibility index (Phi) is 3.68. The number of nitrogens with zero attached hydrogens (tertiary/aromatic N) is 1. The Hall–Kier alpha value is -1.39. The number of carbonyl (C=O) groups excluding carboxylic acids is 1. The van der Waals surface area contributed by atoms with Crippen LogP contribution < -0.4 is 5.32 Å². The van der Waals surface area contributed by atoms with E-state index in [1.807, 2.05) is 29.6 Å². The van der Waals surface area contributed by atoms with Gasteiger partial charge < -0.3 is 5.32 Å². The highest BCUT2D eigenvalue weighted by Gasteiger charge is 2.54. The van der Waals surface area contributed by atoms with Crippen molar-refractivity contribution in [2.75, 3.05) is 5.32 Å². The van der Waals surface area contributed by atoms with Crippen LogP contribution in [0.2, 0.25) is 5.02 Å². The molecule has 1 N–H and O–H groups in total. The number of halogens is 1. The molecule has 6 rings (SSSR count). The SMILES string of the molecule is O=C(Nc1nc(-c2ccccc2Cl)cs1)C12CC3CC(CC(C3)C1)C2. The van der Waals surface area contributed by atoms with Gasteiger partial charge in [-0.25, -0.2) is 4.98 Å². The number of hydrogen-bond donors (Lipinski definition) is 1. The number of anilines is 1. The lowest BCUT2D eigenvalue weighted by Gasteiger charge is -2.55. The molecule has 1 heterocycles. The summed E-state index contributed by atoms with van der Waals surface area (Å²) in [6.07, 6.45) is 7.27. The zero-order valence-electron chi connectivity index (χ0n) is 14.0. The molecule has 0 unspecified atom stereocenters. The second kappa shape index (κ2) is 5.82. The van der Waals surface area contributed by atoms with Crippen LogP contribution in [0.25, 0.3) is 11.3 Å². The van der Waals surface area contributed by atoms with Gasteiger partial charge in [0.05, 0.1) is 11.1 Å². The highest BCUT2D eigenvalue weighted by molar-refractivity contribution is 7.14. The fraction of sp³-hybridized carbons (Fsp3) is 0.500. The van der Waals surface area contributed by atoms with Crippen molar-refractivity contribution in [1.82, 2.24) is 4.98 Å². The minimum Gasteiger partial charge on any atom is -0.301 e. The first-order chi connectivity index (χ1) is 12.1. The number of amides is 1. The Balaban J connectivity index is 1.36.